The third kappa shape index (κ3) is 6.58. The van der Waals surface area contributed by atoms with Crippen molar-refractivity contribution in [3.05, 3.63) is 18.2 Å². The van der Waals surface area contributed by atoms with Crippen LogP contribution in [0, 0.1) is 5.92 Å². The lowest BCUT2D eigenvalue weighted by Crippen LogP contribution is -2.21. The number of anilines is 1. The third-order valence-corrected chi connectivity index (χ3v) is 4.42. The third-order valence-electron chi connectivity index (χ3n) is 4.42. The van der Waals surface area contributed by atoms with E-state index in [4.69, 9.17) is 14.2 Å². The standard InChI is InChI=1S/C20H29NO5/c1-3-24-17-11-10-16(13-18(17)25-4-2)21-19(22)14-26-20(23)12-9-15-7-5-6-8-15/h10-11,13,15H,3-9,12,14H2,1-2H3,(H,21,22). The zero-order valence-electron chi connectivity index (χ0n) is 15.7. The summed E-state index contributed by atoms with van der Waals surface area (Å²) >= 11 is 0. The molecule has 1 amide bonds. The summed E-state index contributed by atoms with van der Waals surface area (Å²) in [5.41, 5.74) is 0.573. The number of carbonyl (C=O) groups excluding carboxylic acids is 2. The second-order valence-corrected chi connectivity index (χ2v) is 6.43. The van der Waals surface area contributed by atoms with E-state index in [2.05, 4.69) is 5.32 Å². The van der Waals surface area contributed by atoms with Crippen LogP contribution >= 0.6 is 0 Å². The molecule has 0 atom stereocenters. The van der Waals surface area contributed by atoms with Gasteiger partial charge in [0, 0.05) is 18.2 Å². The van der Waals surface area contributed by atoms with Crippen molar-refractivity contribution in [2.75, 3.05) is 25.1 Å². The molecule has 0 radical (unpaired) electrons. The zero-order chi connectivity index (χ0) is 18.8. The molecule has 1 N–H and O–H groups in total. The summed E-state index contributed by atoms with van der Waals surface area (Å²) in [6.45, 7) is 4.53. The van der Waals surface area contributed by atoms with Gasteiger partial charge < -0.3 is 19.5 Å². The Kier molecular flexibility index (Phi) is 8.25. The molecule has 0 aliphatic heterocycles. The zero-order valence-corrected chi connectivity index (χ0v) is 15.7. The molecule has 1 fully saturated rings. The molecule has 26 heavy (non-hydrogen) atoms. The molecular formula is C20H29NO5. The van der Waals surface area contributed by atoms with Crippen molar-refractivity contribution in [1.29, 1.82) is 0 Å². The first-order valence-electron chi connectivity index (χ1n) is 9.47. The Balaban J connectivity index is 1.77. The number of ether oxygens (including phenoxy) is 3. The lowest BCUT2D eigenvalue weighted by molar-refractivity contribution is -0.147. The molecule has 1 aliphatic carbocycles. The van der Waals surface area contributed by atoms with Crippen LogP contribution in [-0.4, -0.2) is 31.7 Å². The van der Waals surface area contributed by atoms with Gasteiger partial charge in [0.25, 0.3) is 5.91 Å². The molecule has 1 saturated carbocycles. The second-order valence-electron chi connectivity index (χ2n) is 6.43. The summed E-state index contributed by atoms with van der Waals surface area (Å²) in [7, 11) is 0. The molecule has 0 unspecified atom stereocenters. The van der Waals surface area contributed by atoms with Crippen LogP contribution in [0.4, 0.5) is 5.69 Å². The summed E-state index contributed by atoms with van der Waals surface area (Å²) in [6, 6.07) is 5.18. The predicted octanol–water partition coefficient (Wildman–Crippen LogP) is 3.94. The van der Waals surface area contributed by atoms with E-state index >= 15 is 0 Å². The largest absolute Gasteiger partial charge is 0.490 e. The number of rotatable bonds is 10. The van der Waals surface area contributed by atoms with Gasteiger partial charge in [-0.05, 0) is 38.3 Å². The topological polar surface area (TPSA) is 73.9 Å². The van der Waals surface area contributed by atoms with Crippen molar-refractivity contribution in [2.45, 2.75) is 52.4 Å². The molecule has 1 aromatic rings. The lowest BCUT2D eigenvalue weighted by Gasteiger charge is -2.13. The number of carbonyl (C=O) groups is 2. The van der Waals surface area contributed by atoms with Crippen molar-refractivity contribution in [1.82, 2.24) is 0 Å². The maximum atomic E-state index is 12.0. The van der Waals surface area contributed by atoms with Crippen molar-refractivity contribution in [2.24, 2.45) is 5.92 Å². The molecule has 6 nitrogen and oxygen atoms in total. The normalized spacial score (nSPS) is 14.1. The SMILES string of the molecule is CCOc1ccc(NC(=O)COC(=O)CCC2CCCC2)cc1OCC. The maximum Gasteiger partial charge on any atom is 0.306 e. The van der Waals surface area contributed by atoms with Gasteiger partial charge in [0.05, 0.1) is 13.2 Å². The Morgan fingerprint density at radius 2 is 1.77 bits per heavy atom. The number of hydrogen-bond acceptors (Lipinski definition) is 5. The van der Waals surface area contributed by atoms with Crippen LogP contribution in [-0.2, 0) is 14.3 Å². The average Bonchev–Trinajstić information content (AvgIpc) is 3.14. The molecule has 0 aromatic heterocycles. The molecule has 0 bridgehead atoms. The number of amides is 1. The lowest BCUT2D eigenvalue weighted by atomic mass is 10.0. The van der Waals surface area contributed by atoms with Crippen LogP contribution in [0.2, 0.25) is 0 Å². The van der Waals surface area contributed by atoms with Gasteiger partial charge in [-0.15, -0.1) is 0 Å². The first-order valence-corrected chi connectivity index (χ1v) is 9.47. The smallest absolute Gasteiger partial charge is 0.306 e. The van der Waals surface area contributed by atoms with Gasteiger partial charge in [0.2, 0.25) is 0 Å². The van der Waals surface area contributed by atoms with Crippen LogP contribution in [0.15, 0.2) is 18.2 Å². The van der Waals surface area contributed by atoms with Crippen molar-refractivity contribution >= 4 is 17.6 Å². The van der Waals surface area contributed by atoms with E-state index in [9.17, 15) is 9.59 Å². The summed E-state index contributed by atoms with van der Waals surface area (Å²) in [4.78, 5) is 23.8. The molecule has 6 heteroatoms. The maximum absolute atomic E-state index is 12.0. The summed E-state index contributed by atoms with van der Waals surface area (Å²) in [5, 5.41) is 2.71. The Labute approximate surface area is 155 Å². The van der Waals surface area contributed by atoms with Gasteiger partial charge in [0.1, 0.15) is 0 Å². The van der Waals surface area contributed by atoms with E-state index in [1.54, 1.807) is 18.2 Å². The van der Waals surface area contributed by atoms with Gasteiger partial charge in [0.15, 0.2) is 18.1 Å². The molecule has 1 aliphatic rings. The van der Waals surface area contributed by atoms with Crippen molar-refractivity contribution in [3.63, 3.8) is 0 Å². The summed E-state index contributed by atoms with van der Waals surface area (Å²) in [6.07, 6.45) is 6.16. The van der Waals surface area contributed by atoms with Gasteiger partial charge in [-0.1, -0.05) is 25.7 Å². The fourth-order valence-electron chi connectivity index (χ4n) is 3.17. The number of benzene rings is 1. The monoisotopic (exact) mass is 363 g/mol. The van der Waals surface area contributed by atoms with E-state index in [0.29, 0.717) is 42.7 Å². The Bertz CT molecular complexity index is 596. The Morgan fingerprint density at radius 3 is 2.46 bits per heavy atom. The highest BCUT2D eigenvalue weighted by Gasteiger charge is 2.17. The van der Waals surface area contributed by atoms with Gasteiger partial charge in [-0.3, -0.25) is 9.59 Å². The summed E-state index contributed by atoms with van der Waals surface area (Å²) in [5.74, 6) is 1.16. The quantitative estimate of drug-likeness (QED) is 0.638. The van der Waals surface area contributed by atoms with Crippen LogP contribution in [0.3, 0.4) is 0 Å². The summed E-state index contributed by atoms with van der Waals surface area (Å²) < 4.78 is 16.1. The number of hydrogen-bond donors (Lipinski definition) is 1. The molecule has 144 valence electrons. The predicted molar refractivity (Wildman–Crippen MR) is 99.6 cm³/mol. The highest BCUT2D eigenvalue weighted by atomic mass is 16.5. The van der Waals surface area contributed by atoms with Crippen LogP contribution < -0.4 is 14.8 Å². The minimum atomic E-state index is -0.370. The fourth-order valence-corrected chi connectivity index (χ4v) is 3.17. The molecule has 0 heterocycles. The van der Waals surface area contributed by atoms with Crippen molar-refractivity contribution < 1.29 is 23.8 Å². The Morgan fingerprint density at radius 1 is 1.08 bits per heavy atom. The molecule has 0 saturated heterocycles. The van der Waals surface area contributed by atoms with Crippen LogP contribution in [0.25, 0.3) is 0 Å². The first-order chi connectivity index (χ1) is 12.6. The van der Waals surface area contributed by atoms with Gasteiger partial charge >= 0.3 is 5.97 Å². The van der Waals surface area contributed by atoms with Crippen LogP contribution in [0.1, 0.15) is 52.4 Å². The van der Waals surface area contributed by atoms with E-state index in [1.165, 1.54) is 25.7 Å². The van der Waals surface area contributed by atoms with E-state index in [1.807, 2.05) is 13.8 Å². The van der Waals surface area contributed by atoms with Gasteiger partial charge in [-0.25, -0.2) is 0 Å². The first kappa shape index (κ1) is 20.1. The molecule has 2 rings (SSSR count). The van der Waals surface area contributed by atoms with Crippen LogP contribution in [0.5, 0.6) is 11.5 Å². The molecular weight excluding hydrogens is 334 g/mol. The number of nitrogens with one attached hydrogen (secondary N) is 1. The van der Waals surface area contributed by atoms with E-state index < -0.39 is 0 Å². The molecule has 0 spiro atoms. The minimum absolute atomic E-state index is 0.277. The highest BCUT2D eigenvalue weighted by molar-refractivity contribution is 5.93. The fraction of sp³-hybridized carbons (Fsp3) is 0.600. The van der Waals surface area contributed by atoms with Crippen molar-refractivity contribution in [3.8, 4) is 11.5 Å². The Hall–Kier alpha value is -2.24. The van der Waals surface area contributed by atoms with E-state index in [0.717, 1.165) is 6.42 Å². The van der Waals surface area contributed by atoms with Gasteiger partial charge in [-0.2, -0.15) is 0 Å². The van der Waals surface area contributed by atoms with E-state index in [-0.39, 0.29) is 18.5 Å². The number of esters is 1. The second kappa shape index (κ2) is 10.7. The average molecular weight is 363 g/mol. The highest BCUT2D eigenvalue weighted by Crippen LogP contribution is 2.31. The molecule has 1 aromatic carbocycles. The minimum Gasteiger partial charge on any atom is -0.490 e.